The number of benzene rings is 4. The monoisotopic (exact) mass is 708 g/mol. The Labute approximate surface area is 321 Å². The summed E-state index contributed by atoms with van der Waals surface area (Å²) in [5, 5.41) is 0. The Bertz CT molecular complexity index is 2290. The van der Waals surface area contributed by atoms with Gasteiger partial charge in [-0.25, -0.2) is 15.0 Å². The Morgan fingerprint density at radius 1 is 0.537 bits per heavy atom. The van der Waals surface area contributed by atoms with Crippen LogP contribution in [-0.4, -0.2) is 21.2 Å². The van der Waals surface area contributed by atoms with Crippen LogP contribution in [0.4, 0.5) is 0 Å². The van der Waals surface area contributed by atoms with E-state index in [1.54, 1.807) is 11.1 Å². The predicted molar refractivity (Wildman–Crippen MR) is 225 cm³/mol. The number of aromatic nitrogens is 3. The quantitative estimate of drug-likeness (QED) is 0.187. The van der Waals surface area contributed by atoms with E-state index in [0.717, 1.165) is 16.7 Å². The maximum absolute atomic E-state index is 5.13. The van der Waals surface area contributed by atoms with Gasteiger partial charge < -0.3 is 0 Å². The van der Waals surface area contributed by atoms with Crippen molar-refractivity contribution in [2.45, 2.75) is 115 Å². The lowest BCUT2D eigenvalue weighted by molar-refractivity contribution is 0.299. The van der Waals surface area contributed by atoms with Crippen LogP contribution in [-0.2, 0) is 28.2 Å². The molecule has 1 aliphatic heterocycles. The van der Waals surface area contributed by atoms with Crippen molar-refractivity contribution in [2.24, 2.45) is 4.99 Å². The Morgan fingerprint density at radius 3 is 1.65 bits per heavy atom. The van der Waals surface area contributed by atoms with Crippen molar-refractivity contribution < 1.29 is 0 Å². The van der Waals surface area contributed by atoms with Gasteiger partial charge in [0.25, 0.3) is 0 Å². The summed E-state index contributed by atoms with van der Waals surface area (Å²) in [5.41, 5.74) is 15.9. The third kappa shape index (κ3) is 5.55. The highest BCUT2D eigenvalue weighted by Crippen LogP contribution is 2.69. The minimum atomic E-state index is 0.0584. The van der Waals surface area contributed by atoms with Crippen LogP contribution in [0, 0.1) is 0 Å². The van der Waals surface area contributed by atoms with E-state index >= 15 is 0 Å². The second kappa shape index (κ2) is 12.5. The van der Waals surface area contributed by atoms with E-state index in [-0.39, 0.29) is 21.7 Å². The van der Waals surface area contributed by atoms with Crippen LogP contribution in [0.3, 0.4) is 0 Å². The number of aliphatic imine (C=N–C) groups is 1. The predicted octanol–water partition coefficient (Wildman–Crippen LogP) is 12.4. The Balaban J connectivity index is 1.15. The number of rotatable bonds is 3. The van der Waals surface area contributed by atoms with Gasteiger partial charge in [0.2, 0.25) is 0 Å². The molecule has 0 unspecified atom stereocenters. The second-order valence-electron chi connectivity index (χ2n) is 18.4. The van der Waals surface area contributed by atoms with Gasteiger partial charge >= 0.3 is 0 Å². The summed E-state index contributed by atoms with van der Waals surface area (Å²) in [6.45, 7) is 16.3. The number of hydrogen-bond acceptors (Lipinski definition) is 4. The number of nitrogens with zero attached hydrogens (tertiary/aromatic N) is 4. The molecule has 2 heterocycles. The molecule has 2 fully saturated rings. The van der Waals surface area contributed by atoms with Gasteiger partial charge in [0.15, 0.2) is 17.5 Å². The Hall–Kier alpha value is -4.96. The van der Waals surface area contributed by atoms with E-state index < -0.39 is 0 Å². The minimum absolute atomic E-state index is 0.0584. The van der Waals surface area contributed by atoms with Crippen LogP contribution >= 0.6 is 0 Å². The third-order valence-corrected chi connectivity index (χ3v) is 13.2. The van der Waals surface area contributed by atoms with Gasteiger partial charge in [-0.15, -0.1) is 0 Å². The smallest absolute Gasteiger partial charge is 0.165 e. The summed E-state index contributed by atoms with van der Waals surface area (Å²) >= 11 is 0. The fraction of sp³-hybridized carbons (Fsp3) is 0.360. The summed E-state index contributed by atoms with van der Waals surface area (Å²) in [6.07, 6.45) is 14.2. The standard InChI is InChI=1S/C50H52N4/c1-32-14-15-35(30-51-31-36-28-41-39-12-8-9-13-42(39)49-24-10-26-50(49,27-11-25-49)43(41)29-40(32)36)46-53-44(33-16-20-37(21-17-33)47(2,3)4)52-45(54-46)34-18-22-38(23-19-34)48(5,6)7/h8-9,12-23,28-30H,10-11,24-27,31H2,1-7H3/b32-14+,35-15+,51-30+/t49-,50+. The zero-order valence-electron chi connectivity index (χ0n) is 33.1. The molecule has 0 N–H and O–H groups in total. The van der Waals surface area contributed by atoms with Crippen LogP contribution in [0.5, 0.6) is 0 Å². The minimum Gasteiger partial charge on any atom is -0.288 e. The molecule has 4 aliphatic rings. The van der Waals surface area contributed by atoms with Crippen molar-refractivity contribution in [2.75, 3.05) is 0 Å². The highest BCUT2D eigenvalue weighted by molar-refractivity contribution is 6.09. The molecule has 0 saturated heterocycles. The molecule has 4 nitrogen and oxygen atoms in total. The van der Waals surface area contributed by atoms with E-state index in [1.165, 1.54) is 77.5 Å². The SMILES string of the molecule is C\C1=C/C=C(c2nc(-c3ccc(C(C)(C)C)cc3)nc(-c3ccc(C(C)(C)C)cc3)n2)\C=N\Cc2cc3c(cc21)[C@]12CCC[C@]1(CCC2)c1ccccc1-3. The van der Waals surface area contributed by atoms with E-state index in [9.17, 15) is 0 Å². The molecule has 0 atom stereocenters. The lowest BCUT2D eigenvalue weighted by Crippen LogP contribution is -2.43. The van der Waals surface area contributed by atoms with E-state index in [1.807, 2.05) is 6.21 Å². The van der Waals surface area contributed by atoms with Gasteiger partial charge in [0, 0.05) is 33.7 Å². The summed E-state index contributed by atoms with van der Waals surface area (Å²) < 4.78 is 0. The van der Waals surface area contributed by atoms with Crippen LogP contribution < -0.4 is 0 Å². The highest BCUT2D eigenvalue weighted by Gasteiger charge is 2.62. The van der Waals surface area contributed by atoms with Crippen LogP contribution in [0.2, 0.25) is 0 Å². The van der Waals surface area contributed by atoms with Gasteiger partial charge in [-0.05, 0) is 112 Å². The Morgan fingerprint density at radius 2 is 1.07 bits per heavy atom. The molecule has 0 amide bonds. The van der Waals surface area contributed by atoms with Gasteiger partial charge in [0.05, 0.1) is 6.54 Å². The molecule has 3 aliphatic carbocycles. The molecule has 4 aromatic carbocycles. The molecule has 0 bridgehead atoms. The maximum atomic E-state index is 5.13. The van der Waals surface area contributed by atoms with Crippen molar-refractivity contribution in [3.8, 4) is 33.9 Å². The van der Waals surface area contributed by atoms with Crippen molar-refractivity contribution in [1.82, 2.24) is 15.0 Å². The largest absolute Gasteiger partial charge is 0.288 e. The summed E-state index contributed by atoms with van der Waals surface area (Å²) in [6, 6.07) is 31.7. The molecular formula is C50H52N4. The average molecular weight is 709 g/mol. The van der Waals surface area contributed by atoms with E-state index in [0.29, 0.717) is 24.0 Å². The zero-order chi connectivity index (χ0) is 37.5. The Kier molecular flexibility index (Phi) is 8.08. The summed E-state index contributed by atoms with van der Waals surface area (Å²) in [4.78, 5) is 20.4. The molecule has 0 radical (unpaired) electrons. The highest BCUT2D eigenvalue weighted by atomic mass is 15.0. The first-order valence-corrected chi connectivity index (χ1v) is 20.0. The average Bonchev–Trinajstić information content (AvgIpc) is 3.75. The van der Waals surface area contributed by atoms with Gasteiger partial charge in [0.1, 0.15) is 0 Å². The molecule has 272 valence electrons. The molecule has 1 aromatic heterocycles. The van der Waals surface area contributed by atoms with Crippen molar-refractivity contribution >= 4 is 17.4 Å². The topological polar surface area (TPSA) is 51.0 Å². The first-order valence-electron chi connectivity index (χ1n) is 20.0. The van der Waals surface area contributed by atoms with E-state index in [4.69, 9.17) is 19.9 Å². The molecule has 2 saturated carbocycles. The fourth-order valence-electron chi connectivity index (χ4n) is 10.3. The zero-order valence-corrected chi connectivity index (χ0v) is 33.1. The van der Waals surface area contributed by atoms with Crippen molar-refractivity contribution in [1.29, 1.82) is 0 Å². The van der Waals surface area contributed by atoms with Crippen LogP contribution in [0.25, 0.3) is 45.0 Å². The normalized spacial score (nSPS) is 24.3. The van der Waals surface area contributed by atoms with Crippen molar-refractivity contribution in [3.05, 3.63) is 136 Å². The lowest BCUT2D eigenvalue weighted by Gasteiger charge is -2.48. The number of fused-ring (bicyclic) bond motifs is 4. The third-order valence-electron chi connectivity index (χ3n) is 13.2. The lowest BCUT2D eigenvalue weighted by atomic mass is 9.55. The van der Waals surface area contributed by atoms with Gasteiger partial charge in [-0.1, -0.05) is 133 Å². The molecule has 54 heavy (non-hydrogen) atoms. The van der Waals surface area contributed by atoms with Crippen LogP contribution in [0.1, 0.15) is 126 Å². The second-order valence-corrected chi connectivity index (χ2v) is 18.4. The summed E-state index contributed by atoms with van der Waals surface area (Å²) in [7, 11) is 0. The maximum Gasteiger partial charge on any atom is 0.165 e. The van der Waals surface area contributed by atoms with Gasteiger partial charge in [-0.2, -0.15) is 0 Å². The number of allylic oxidation sites excluding steroid dienone is 4. The molecule has 0 spiro atoms. The molecular weight excluding hydrogens is 657 g/mol. The molecule has 9 rings (SSSR count). The number of hydrogen-bond donors (Lipinski definition) is 0. The van der Waals surface area contributed by atoms with Crippen molar-refractivity contribution in [3.63, 3.8) is 0 Å². The van der Waals surface area contributed by atoms with Gasteiger partial charge in [-0.3, -0.25) is 4.99 Å². The summed E-state index contributed by atoms with van der Waals surface area (Å²) in [5.74, 6) is 1.95. The van der Waals surface area contributed by atoms with E-state index in [2.05, 4.69) is 146 Å². The molecule has 4 heteroatoms. The molecule has 5 aromatic rings. The first kappa shape index (κ1) is 34.8. The first-order chi connectivity index (χ1) is 25.9. The fourth-order valence-corrected chi connectivity index (χ4v) is 10.3. The van der Waals surface area contributed by atoms with Crippen LogP contribution in [0.15, 0.2) is 102 Å².